The van der Waals surface area contributed by atoms with Crippen LogP contribution in [0.15, 0.2) is 18.2 Å². The molecule has 0 radical (unpaired) electrons. The standard InChI is InChI=1S/C13H19NO5S/c1-13(2,3)20(17,18)7-6-19-11-8-9(14)4-5-10(11)12(15)16/h4-5,8H,6-7,14H2,1-3H3,(H,15,16). The quantitative estimate of drug-likeness (QED) is 0.799. The largest absolute Gasteiger partial charge is 0.492 e. The zero-order chi connectivity index (χ0) is 15.6. The Hall–Kier alpha value is -1.76. The number of hydrogen-bond acceptors (Lipinski definition) is 5. The summed E-state index contributed by atoms with van der Waals surface area (Å²) in [6.45, 7) is 4.69. The SMILES string of the molecule is CC(C)(C)S(=O)(=O)CCOc1cc(N)ccc1C(=O)O. The number of ether oxygens (including phenoxy) is 1. The smallest absolute Gasteiger partial charge is 0.339 e. The van der Waals surface area contributed by atoms with Crippen molar-refractivity contribution in [3.8, 4) is 5.75 Å². The van der Waals surface area contributed by atoms with Gasteiger partial charge in [-0.25, -0.2) is 13.2 Å². The Balaban J connectivity index is 2.82. The van der Waals surface area contributed by atoms with Crippen molar-refractivity contribution in [3.63, 3.8) is 0 Å². The Morgan fingerprint density at radius 2 is 1.95 bits per heavy atom. The maximum Gasteiger partial charge on any atom is 0.339 e. The molecule has 0 aromatic heterocycles. The third-order valence-corrected chi connectivity index (χ3v) is 5.35. The van der Waals surface area contributed by atoms with Gasteiger partial charge in [0.25, 0.3) is 0 Å². The summed E-state index contributed by atoms with van der Waals surface area (Å²) in [5.74, 6) is -1.27. The number of rotatable bonds is 5. The lowest BCUT2D eigenvalue weighted by Gasteiger charge is -2.19. The third kappa shape index (κ3) is 3.86. The van der Waals surface area contributed by atoms with Crippen LogP contribution in [0, 0.1) is 0 Å². The minimum absolute atomic E-state index is 0.0487. The summed E-state index contributed by atoms with van der Waals surface area (Å²) in [6, 6.07) is 4.14. The molecule has 0 aliphatic rings. The molecule has 1 aromatic rings. The minimum Gasteiger partial charge on any atom is -0.492 e. The third-order valence-electron chi connectivity index (χ3n) is 2.78. The number of carbonyl (C=O) groups is 1. The lowest BCUT2D eigenvalue weighted by Crippen LogP contribution is -2.32. The lowest BCUT2D eigenvalue weighted by atomic mass is 10.2. The van der Waals surface area contributed by atoms with Crippen molar-refractivity contribution in [3.05, 3.63) is 23.8 Å². The molecule has 0 saturated heterocycles. The second kappa shape index (κ2) is 5.70. The first-order valence-electron chi connectivity index (χ1n) is 6.02. The van der Waals surface area contributed by atoms with E-state index < -0.39 is 20.6 Å². The molecule has 0 saturated carbocycles. The van der Waals surface area contributed by atoms with Crippen LogP contribution < -0.4 is 10.5 Å². The number of anilines is 1. The topological polar surface area (TPSA) is 107 Å². The van der Waals surface area contributed by atoms with Crippen LogP contribution in [-0.2, 0) is 9.84 Å². The summed E-state index contributed by atoms with van der Waals surface area (Å²) in [5, 5.41) is 9.01. The molecule has 1 aromatic carbocycles. The number of aromatic carboxylic acids is 1. The van der Waals surface area contributed by atoms with Gasteiger partial charge in [-0.05, 0) is 32.9 Å². The fourth-order valence-electron chi connectivity index (χ4n) is 1.40. The van der Waals surface area contributed by atoms with E-state index in [9.17, 15) is 13.2 Å². The van der Waals surface area contributed by atoms with Crippen molar-refractivity contribution in [1.82, 2.24) is 0 Å². The fraction of sp³-hybridized carbons (Fsp3) is 0.462. The minimum atomic E-state index is -3.31. The van der Waals surface area contributed by atoms with Gasteiger partial charge >= 0.3 is 5.97 Å². The van der Waals surface area contributed by atoms with Gasteiger partial charge in [0.05, 0.1) is 10.5 Å². The molecule has 112 valence electrons. The van der Waals surface area contributed by atoms with Crippen LogP contribution >= 0.6 is 0 Å². The molecule has 0 amide bonds. The van der Waals surface area contributed by atoms with Gasteiger partial charge < -0.3 is 15.6 Å². The van der Waals surface area contributed by atoms with Gasteiger partial charge in [-0.3, -0.25) is 0 Å². The van der Waals surface area contributed by atoms with Crippen LogP contribution in [0.5, 0.6) is 5.75 Å². The van der Waals surface area contributed by atoms with E-state index in [-0.39, 0.29) is 23.7 Å². The van der Waals surface area contributed by atoms with E-state index in [4.69, 9.17) is 15.6 Å². The van der Waals surface area contributed by atoms with Crippen LogP contribution in [0.2, 0.25) is 0 Å². The maximum atomic E-state index is 11.9. The molecule has 3 N–H and O–H groups in total. The Morgan fingerprint density at radius 3 is 2.45 bits per heavy atom. The predicted molar refractivity (Wildman–Crippen MR) is 76.8 cm³/mol. The first-order valence-corrected chi connectivity index (χ1v) is 7.68. The summed E-state index contributed by atoms with van der Waals surface area (Å²) in [7, 11) is -3.31. The van der Waals surface area contributed by atoms with Gasteiger partial charge in [-0.15, -0.1) is 0 Å². The van der Waals surface area contributed by atoms with Crippen molar-refractivity contribution in [2.45, 2.75) is 25.5 Å². The van der Waals surface area contributed by atoms with Crippen LogP contribution in [-0.4, -0.2) is 36.6 Å². The molecule has 0 aliphatic carbocycles. The van der Waals surface area contributed by atoms with Crippen molar-refractivity contribution in [2.75, 3.05) is 18.1 Å². The Labute approximate surface area is 118 Å². The average Bonchev–Trinajstić information content (AvgIpc) is 2.26. The number of nitrogens with two attached hydrogens (primary N) is 1. The maximum absolute atomic E-state index is 11.9. The summed E-state index contributed by atoms with van der Waals surface area (Å²) >= 11 is 0. The number of nitrogen functional groups attached to an aromatic ring is 1. The average molecular weight is 301 g/mol. The molecular weight excluding hydrogens is 282 g/mol. The summed E-state index contributed by atoms with van der Waals surface area (Å²) < 4.78 is 28.2. The molecule has 0 atom stereocenters. The van der Waals surface area contributed by atoms with E-state index in [0.29, 0.717) is 5.69 Å². The predicted octanol–water partition coefficient (Wildman–Crippen LogP) is 1.56. The normalized spacial score (nSPS) is 12.2. The number of benzene rings is 1. The number of carboxylic acids is 1. The number of carboxylic acid groups (broad SMARTS) is 1. The molecule has 0 bridgehead atoms. The zero-order valence-corrected chi connectivity index (χ0v) is 12.5. The van der Waals surface area contributed by atoms with Gasteiger partial charge in [0.15, 0.2) is 9.84 Å². The first-order chi connectivity index (χ1) is 9.04. The van der Waals surface area contributed by atoms with Crippen molar-refractivity contribution in [2.24, 2.45) is 0 Å². The Kier molecular flexibility index (Phi) is 4.65. The highest BCUT2D eigenvalue weighted by Crippen LogP contribution is 2.22. The van der Waals surface area contributed by atoms with E-state index in [2.05, 4.69) is 0 Å². The monoisotopic (exact) mass is 301 g/mol. The molecule has 20 heavy (non-hydrogen) atoms. The van der Waals surface area contributed by atoms with Gasteiger partial charge in [0.1, 0.15) is 17.9 Å². The highest BCUT2D eigenvalue weighted by atomic mass is 32.2. The molecule has 1 rings (SSSR count). The van der Waals surface area contributed by atoms with E-state index in [0.717, 1.165) is 0 Å². The Bertz CT molecular complexity index is 602. The van der Waals surface area contributed by atoms with Crippen molar-refractivity contribution in [1.29, 1.82) is 0 Å². The summed E-state index contributed by atoms with van der Waals surface area (Å²) in [5.41, 5.74) is 5.87. The summed E-state index contributed by atoms with van der Waals surface area (Å²) in [4.78, 5) is 11.0. The highest BCUT2D eigenvalue weighted by molar-refractivity contribution is 7.92. The van der Waals surface area contributed by atoms with Crippen molar-refractivity contribution < 1.29 is 23.1 Å². The lowest BCUT2D eigenvalue weighted by molar-refractivity contribution is 0.0692. The molecule has 6 nitrogen and oxygen atoms in total. The Morgan fingerprint density at radius 1 is 1.35 bits per heavy atom. The molecule has 0 spiro atoms. The van der Waals surface area contributed by atoms with Crippen molar-refractivity contribution >= 4 is 21.5 Å². The van der Waals surface area contributed by atoms with Gasteiger partial charge in [0, 0.05) is 11.8 Å². The molecule has 0 fully saturated rings. The van der Waals surface area contributed by atoms with Crippen LogP contribution in [0.4, 0.5) is 5.69 Å². The first kappa shape index (κ1) is 16.3. The highest BCUT2D eigenvalue weighted by Gasteiger charge is 2.28. The van der Waals surface area contributed by atoms with E-state index >= 15 is 0 Å². The second-order valence-electron chi connectivity index (χ2n) is 5.34. The van der Waals surface area contributed by atoms with E-state index in [1.165, 1.54) is 18.2 Å². The van der Waals surface area contributed by atoms with Gasteiger partial charge in [-0.1, -0.05) is 0 Å². The molecule has 0 unspecified atom stereocenters. The molecule has 0 heterocycles. The zero-order valence-electron chi connectivity index (χ0n) is 11.7. The molecular formula is C13H19NO5S. The fourth-order valence-corrected chi connectivity index (χ4v) is 2.32. The van der Waals surface area contributed by atoms with Gasteiger partial charge in [0.2, 0.25) is 0 Å². The molecule has 0 aliphatic heterocycles. The molecule has 7 heteroatoms. The van der Waals surface area contributed by atoms with Crippen LogP contribution in [0.1, 0.15) is 31.1 Å². The number of sulfone groups is 1. The number of hydrogen-bond donors (Lipinski definition) is 2. The second-order valence-corrected chi connectivity index (χ2v) is 8.20. The summed E-state index contributed by atoms with van der Waals surface area (Å²) in [6.07, 6.45) is 0. The van der Waals surface area contributed by atoms with Gasteiger partial charge in [-0.2, -0.15) is 0 Å². The van der Waals surface area contributed by atoms with Crippen LogP contribution in [0.3, 0.4) is 0 Å². The van der Waals surface area contributed by atoms with Crippen LogP contribution in [0.25, 0.3) is 0 Å². The van der Waals surface area contributed by atoms with E-state index in [1.54, 1.807) is 20.8 Å². The van der Waals surface area contributed by atoms with E-state index in [1.807, 2.05) is 0 Å².